The van der Waals surface area contributed by atoms with E-state index < -0.39 is 8.80 Å². The molecule has 0 aromatic carbocycles. The van der Waals surface area contributed by atoms with Gasteiger partial charge in [-0.1, -0.05) is 13.0 Å². The first-order valence-electron chi connectivity index (χ1n) is 4.50. The smallest absolute Gasteiger partial charge is 0.0976 e. The Kier molecular flexibility index (Phi) is 5.45. The average molecular weight is 186 g/mol. The van der Waals surface area contributed by atoms with Crippen molar-refractivity contribution < 1.29 is 0 Å². The van der Waals surface area contributed by atoms with Crippen LogP contribution in [0, 0.1) is 0 Å². The summed E-state index contributed by atoms with van der Waals surface area (Å²) in [6.07, 6.45) is 0. The monoisotopic (exact) mass is 186 g/mol. The summed E-state index contributed by atoms with van der Waals surface area (Å²) in [5, 5.41) is 0. The van der Waals surface area contributed by atoms with Gasteiger partial charge in [0.25, 0.3) is 0 Å². The maximum absolute atomic E-state index is 3.93. The van der Waals surface area contributed by atoms with Gasteiger partial charge in [-0.05, 0) is 28.2 Å². The van der Waals surface area contributed by atoms with Crippen molar-refractivity contribution in [3.63, 3.8) is 0 Å². The Balaban J connectivity index is 4.36. The molecule has 0 radical (unpaired) electrons. The molecule has 0 amide bonds. The molecule has 2 nitrogen and oxygen atoms in total. The minimum Gasteiger partial charge on any atom is -0.297 e. The molecule has 0 heterocycles. The van der Waals surface area contributed by atoms with Gasteiger partial charge in [0.1, 0.15) is 0 Å². The molecule has 0 bridgehead atoms. The molecule has 0 aliphatic carbocycles. The Labute approximate surface area is 78.5 Å². The second kappa shape index (κ2) is 5.51. The predicted octanol–water partition coefficient (Wildman–Crippen LogP) is 0.947. The summed E-state index contributed by atoms with van der Waals surface area (Å²) in [6.45, 7) is 6.19. The van der Waals surface area contributed by atoms with E-state index in [1.54, 1.807) is 0 Å². The standard InChI is InChI=1S/C9H22N2Si/c1-7-12(8-2)9(10(3)4)11(5)6/h7,9,12H,1,8H2,2-6H3. The largest absolute Gasteiger partial charge is 0.297 e. The molecule has 0 aromatic rings. The molecule has 0 fully saturated rings. The molecule has 3 heteroatoms. The van der Waals surface area contributed by atoms with E-state index in [4.69, 9.17) is 0 Å². The quantitative estimate of drug-likeness (QED) is 0.466. The van der Waals surface area contributed by atoms with Gasteiger partial charge in [-0.25, -0.2) is 0 Å². The number of nitrogens with zero attached hydrogens (tertiary/aromatic N) is 2. The van der Waals surface area contributed by atoms with Gasteiger partial charge in [0.15, 0.2) is 0 Å². The zero-order valence-corrected chi connectivity index (χ0v) is 10.2. The van der Waals surface area contributed by atoms with Gasteiger partial charge < -0.3 is 0 Å². The van der Waals surface area contributed by atoms with Gasteiger partial charge in [-0.2, -0.15) is 0 Å². The van der Waals surface area contributed by atoms with Crippen molar-refractivity contribution in [1.29, 1.82) is 0 Å². The lowest BCUT2D eigenvalue weighted by atomic mass is 10.7. The molecule has 0 aliphatic heterocycles. The molecule has 72 valence electrons. The van der Waals surface area contributed by atoms with E-state index in [2.05, 4.69) is 57.2 Å². The first-order valence-corrected chi connectivity index (χ1v) is 6.65. The van der Waals surface area contributed by atoms with Gasteiger partial charge in [-0.15, -0.1) is 12.3 Å². The fourth-order valence-corrected chi connectivity index (χ4v) is 4.26. The van der Waals surface area contributed by atoms with E-state index in [0.29, 0.717) is 5.79 Å². The molecule has 0 saturated carbocycles. The summed E-state index contributed by atoms with van der Waals surface area (Å²) < 4.78 is 0. The Bertz CT molecular complexity index is 126. The Hall–Kier alpha value is -0.123. The maximum atomic E-state index is 3.93. The Morgan fingerprint density at radius 1 is 1.25 bits per heavy atom. The van der Waals surface area contributed by atoms with E-state index in [1.165, 1.54) is 6.04 Å². The predicted molar refractivity (Wildman–Crippen MR) is 59.0 cm³/mol. The lowest BCUT2D eigenvalue weighted by molar-refractivity contribution is 0.197. The van der Waals surface area contributed by atoms with Crippen LogP contribution >= 0.6 is 0 Å². The van der Waals surface area contributed by atoms with Gasteiger partial charge >= 0.3 is 0 Å². The molecular formula is C9H22N2Si. The zero-order chi connectivity index (χ0) is 9.72. The summed E-state index contributed by atoms with van der Waals surface area (Å²) in [7, 11) is 7.76. The van der Waals surface area contributed by atoms with Crippen LogP contribution in [0.3, 0.4) is 0 Å². The molecule has 0 rings (SSSR count). The highest BCUT2D eigenvalue weighted by Crippen LogP contribution is 2.07. The van der Waals surface area contributed by atoms with Crippen LogP contribution in [0.4, 0.5) is 0 Å². The Morgan fingerprint density at radius 3 is 1.75 bits per heavy atom. The maximum Gasteiger partial charge on any atom is 0.0976 e. The number of rotatable bonds is 5. The summed E-state index contributed by atoms with van der Waals surface area (Å²) in [5.74, 6) is 0.604. The molecular weight excluding hydrogens is 164 g/mol. The first-order chi connectivity index (χ1) is 5.54. The summed E-state index contributed by atoms with van der Waals surface area (Å²) in [5.41, 5.74) is 2.19. The van der Waals surface area contributed by atoms with Gasteiger partial charge in [0, 0.05) is 0 Å². The van der Waals surface area contributed by atoms with Crippen molar-refractivity contribution in [3.05, 3.63) is 12.3 Å². The first kappa shape index (κ1) is 11.9. The van der Waals surface area contributed by atoms with Gasteiger partial charge in [0.05, 0.1) is 14.6 Å². The average Bonchev–Trinajstić information content (AvgIpc) is 1.98. The van der Waals surface area contributed by atoms with Crippen LogP contribution in [-0.4, -0.2) is 52.6 Å². The van der Waals surface area contributed by atoms with E-state index >= 15 is 0 Å². The summed E-state index contributed by atoms with van der Waals surface area (Å²) in [6, 6.07) is 1.28. The Morgan fingerprint density at radius 2 is 1.67 bits per heavy atom. The highest BCUT2D eigenvalue weighted by atomic mass is 28.3. The summed E-state index contributed by atoms with van der Waals surface area (Å²) >= 11 is 0. The lowest BCUT2D eigenvalue weighted by Crippen LogP contribution is -2.50. The zero-order valence-electron chi connectivity index (χ0n) is 9.04. The fraction of sp³-hybridized carbons (Fsp3) is 0.778. The van der Waals surface area contributed by atoms with E-state index in [9.17, 15) is 0 Å². The van der Waals surface area contributed by atoms with Crippen LogP contribution in [0.2, 0.25) is 6.04 Å². The molecule has 0 saturated heterocycles. The molecule has 1 unspecified atom stereocenters. The van der Waals surface area contributed by atoms with Crippen molar-refractivity contribution in [1.82, 2.24) is 9.80 Å². The van der Waals surface area contributed by atoms with E-state index in [0.717, 1.165) is 0 Å². The van der Waals surface area contributed by atoms with Crippen LogP contribution in [0.1, 0.15) is 6.92 Å². The third-order valence-corrected chi connectivity index (χ3v) is 5.72. The van der Waals surface area contributed by atoms with Crippen LogP contribution in [0.25, 0.3) is 0 Å². The molecule has 12 heavy (non-hydrogen) atoms. The minimum absolute atomic E-state index is 0.604. The van der Waals surface area contributed by atoms with Crippen molar-refractivity contribution in [2.45, 2.75) is 18.8 Å². The highest BCUT2D eigenvalue weighted by Gasteiger charge is 2.22. The second-order valence-corrected chi connectivity index (χ2v) is 6.86. The molecule has 0 spiro atoms. The molecule has 1 atom stereocenters. The third-order valence-electron chi connectivity index (χ3n) is 2.22. The van der Waals surface area contributed by atoms with Crippen LogP contribution in [-0.2, 0) is 0 Å². The topological polar surface area (TPSA) is 6.48 Å². The van der Waals surface area contributed by atoms with Crippen LogP contribution < -0.4 is 0 Å². The number of hydrogen-bond acceptors (Lipinski definition) is 2. The van der Waals surface area contributed by atoms with E-state index in [1.807, 2.05) is 0 Å². The lowest BCUT2D eigenvalue weighted by Gasteiger charge is -2.34. The van der Waals surface area contributed by atoms with Gasteiger partial charge in [-0.3, -0.25) is 9.80 Å². The molecule has 0 aromatic heterocycles. The molecule has 0 aliphatic rings. The van der Waals surface area contributed by atoms with Crippen molar-refractivity contribution in [2.75, 3.05) is 28.2 Å². The fourth-order valence-electron chi connectivity index (χ4n) is 1.73. The van der Waals surface area contributed by atoms with E-state index in [-0.39, 0.29) is 0 Å². The third kappa shape index (κ3) is 3.09. The number of hydrogen-bond donors (Lipinski definition) is 0. The van der Waals surface area contributed by atoms with Crippen molar-refractivity contribution in [3.8, 4) is 0 Å². The van der Waals surface area contributed by atoms with Crippen molar-refractivity contribution in [2.24, 2.45) is 0 Å². The highest BCUT2D eigenvalue weighted by molar-refractivity contribution is 6.65. The van der Waals surface area contributed by atoms with Crippen LogP contribution in [0.15, 0.2) is 12.3 Å². The van der Waals surface area contributed by atoms with Gasteiger partial charge in [0.2, 0.25) is 0 Å². The second-order valence-electron chi connectivity index (χ2n) is 3.65. The summed E-state index contributed by atoms with van der Waals surface area (Å²) in [4.78, 5) is 4.59. The minimum atomic E-state index is -0.807. The SMILES string of the molecule is C=C[SiH](CC)C(N(C)C)N(C)C. The van der Waals surface area contributed by atoms with Crippen molar-refractivity contribution >= 4 is 8.80 Å². The molecule has 0 N–H and O–H groups in total. The van der Waals surface area contributed by atoms with Crippen LogP contribution in [0.5, 0.6) is 0 Å². The normalized spacial score (nSPS) is 14.3.